The van der Waals surface area contributed by atoms with E-state index in [0.717, 1.165) is 18.7 Å². The normalized spacial score (nSPS) is 10.0. The van der Waals surface area contributed by atoms with Crippen molar-refractivity contribution in [3.63, 3.8) is 0 Å². The van der Waals surface area contributed by atoms with Crippen LogP contribution in [0.25, 0.3) is 0 Å². The van der Waals surface area contributed by atoms with Gasteiger partial charge in [0.25, 0.3) is 0 Å². The van der Waals surface area contributed by atoms with E-state index in [0.29, 0.717) is 0 Å². The maximum Gasteiger partial charge on any atom is 0.118 e. The summed E-state index contributed by atoms with van der Waals surface area (Å²) in [5.41, 5.74) is 4.06. The zero-order chi connectivity index (χ0) is 9.52. The number of ether oxygens (including phenoxy) is 1. The first-order valence-electron chi connectivity index (χ1n) is 4.25. The first kappa shape index (κ1) is 10.0. The molecule has 0 aliphatic heterocycles. The molecule has 0 aliphatic rings. The molecule has 0 saturated carbocycles. The van der Waals surface area contributed by atoms with Crippen molar-refractivity contribution in [2.45, 2.75) is 6.42 Å². The van der Waals surface area contributed by atoms with E-state index in [-0.39, 0.29) is 0 Å². The van der Waals surface area contributed by atoms with E-state index in [1.54, 1.807) is 14.2 Å². The molecule has 0 aliphatic carbocycles. The van der Waals surface area contributed by atoms with E-state index in [1.165, 1.54) is 5.56 Å². The maximum atomic E-state index is 5.05. The van der Waals surface area contributed by atoms with Gasteiger partial charge >= 0.3 is 0 Å². The minimum Gasteiger partial charge on any atom is -0.497 e. The van der Waals surface area contributed by atoms with Crippen LogP contribution in [0.5, 0.6) is 5.75 Å². The summed E-state index contributed by atoms with van der Waals surface area (Å²) < 4.78 is 5.05. The van der Waals surface area contributed by atoms with E-state index >= 15 is 0 Å². The van der Waals surface area contributed by atoms with Crippen molar-refractivity contribution in [1.82, 2.24) is 5.48 Å². The summed E-state index contributed by atoms with van der Waals surface area (Å²) in [4.78, 5) is 4.73. The number of nitrogens with one attached hydrogen (secondary N) is 1. The van der Waals surface area contributed by atoms with Crippen molar-refractivity contribution in [3.05, 3.63) is 29.8 Å². The van der Waals surface area contributed by atoms with Crippen LogP contribution in [-0.2, 0) is 11.3 Å². The Kier molecular flexibility index (Phi) is 4.29. The molecule has 72 valence electrons. The van der Waals surface area contributed by atoms with Gasteiger partial charge in [0.1, 0.15) is 5.75 Å². The zero-order valence-corrected chi connectivity index (χ0v) is 8.04. The van der Waals surface area contributed by atoms with Crippen LogP contribution in [0.4, 0.5) is 0 Å². The lowest BCUT2D eigenvalue weighted by molar-refractivity contribution is 0.0928. The summed E-state index contributed by atoms with van der Waals surface area (Å²) in [5, 5.41) is 0. The van der Waals surface area contributed by atoms with Gasteiger partial charge in [0.15, 0.2) is 0 Å². The third-order valence-electron chi connectivity index (χ3n) is 1.82. The summed E-state index contributed by atoms with van der Waals surface area (Å²) in [6, 6.07) is 8.02. The molecule has 0 amide bonds. The lowest BCUT2D eigenvalue weighted by atomic mass is 10.1. The molecular weight excluding hydrogens is 166 g/mol. The van der Waals surface area contributed by atoms with E-state index < -0.39 is 0 Å². The zero-order valence-electron chi connectivity index (χ0n) is 8.04. The van der Waals surface area contributed by atoms with Gasteiger partial charge in [-0.2, -0.15) is 0 Å². The SMILES string of the molecule is CONCCc1ccc(OC)cc1. The van der Waals surface area contributed by atoms with Crippen LogP contribution in [0.3, 0.4) is 0 Å². The van der Waals surface area contributed by atoms with Gasteiger partial charge in [0, 0.05) is 6.54 Å². The molecule has 0 radical (unpaired) electrons. The summed E-state index contributed by atoms with van der Waals surface area (Å²) in [7, 11) is 3.29. The number of hydrogen-bond acceptors (Lipinski definition) is 3. The Labute approximate surface area is 78.6 Å². The molecule has 0 atom stereocenters. The summed E-state index contributed by atoms with van der Waals surface area (Å²) in [5.74, 6) is 0.892. The third kappa shape index (κ3) is 3.44. The highest BCUT2D eigenvalue weighted by molar-refractivity contribution is 5.27. The van der Waals surface area contributed by atoms with Crippen LogP contribution >= 0.6 is 0 Å². The van der Waals surface area contributed by atoms with Crippen molar-refractivity contribution >= 4 is 0 Å². The van der Waals surface area contributed by atoms with Crippen LogP contribution in [0.15, 0.2) is 24.3 Å². The molecule has 3 nitrogen and oxygen atoms in total. The fraction of sp³-hybridized carbons (Fsp3) is 0.400. The number of hydrogen-bond donors (Lipinski definition) is 1. The molecule has 13 heavy (non-hydrogen) atoms. The van der Waals surface area contributed by atoms with Crippen LogP contribution in [-0.4, -0.2) is 20.8 Å². The second kappa shape index (κ2) is 5.56. The van der Waals surface area contributed by atoms with E-state index in [1.807, 2.05) is 12.1 Å². The summed E-state index contributed by atoms with van der Waals surface area (Å²) >= 11 is 0. The smallest absolute Gasteiger partial charge is 0.118 e. The highest BCUT2D eigenvalue weighted by Gasteiger charge is 1.93. The topological polar surface area (TPSA) is 30.5 Å². The number of rotatable bonds is 5. The molecule has 0 heterocycles. The Morgan fingerprint density at radius 2 is 1.85 bits per heavy atom. The first-order valence-corrected chi connectivity index (χ1v) is 4.25. The summed E-state index contributed by atoms with van der Waals surface area (Å²) in [6.45, 7) is 0.822. The average molecular weight is 181 g/mol. The Morgan fingerprint density at radius 3 is 2.38 bits per heavy atom. The van der Waals surface area contributed by atoms with Crippen LogP contribution < -0.4 is 10.2 Å². The summed E-state index contributed by atoms with van der Waals surface area (Å²) in [6.07, 6.45) is 0.956. The van der Waals surface area contributed by atoms with Crippen molar-refractivity contribution < 1.29 is 9.57 Å². The molecule has 0 fully saturated rings. The molecule has 0 bridgehead atoms. The molecule has 1 N–H and O–H groups in total. The standard InChI is InChI=1S/C10H15NO2/c1-12-10-5-3-9(4-6-10)7-8-11-13-2/h3-6,11H,7-8H2,1-2H3. The minimum atomic E-state index is 0.822. The van der Waals surface area contributed by atoms with Crippen LogP contribution in [0.1, 0.15) is 5.56 Å². The first-order chi connectivity index (χ1) is 6.36. The lowest BCUT2D eigenvalue weighted by Gasteiger charge is -2.03. The average Bonchev–Trinajstić information content (AvgIpc) is 2.19. The van der Waals surface area contributed by atoms with Crippen LogP contribution in [0.2, 0.25) is 0 Å². The number of hydroxylamine groups is 1. The molecule has 3 heteroatoms. The molecule has 0 spiro atoms. The lowest BCUT2D eigenvalue weighted by Crippen LogP contribution is -2.14. The largest absolute Gasteiger partial charge is 0.497 e. The van der Waals surface area contributed by atoms with Crippen molar-refractivity contribution in [2.75, 3.05) is 20.8 Å². The van der Waals surface area contributed by atoms with Gasteiger partial charge in [-0.3, -0.25) is 0 Å². The quantitative estimate of drug-likeness (QED) is 0.550. The highest BCUT2D eigenvalue weighted by Crippen LogP contribution is 2.11. The van der Waals surface area contributed by atoms with E-state index in [4.69, 9.17) is 9.57 Å². The van der Waals surface area contributed by atoms with Gasteiger partial charge in [0.2, 0.25) is 0 Å². The van der Waals surface area contributed by atoms with Gasteiger partial charge in [0.05, 0.1) is 14.2 Å². The Hall–Kier alpha value is -1.06. The predicted octanol–water partition coefficient (Wildman–Crippen LogP) is 1.39. The predicted molar refractivity (Wildman–Crippen MR) is 51.7 cm³/mol. The van der Waals surface area contributed by atoms with Gasteiger partial charge in [-0.25, -0.2) is 5.48 Å². The maximum absolute atomic E-state index is 5.05. The number of methoxy groups -OCH3 is 1. The van der Waals surface area contributed by atoms with E-state index in [2.05, 4.69) is 17.6 Å². The molecule has 1 aromatic carbocycles. The van der Waals surface area contributed by atoms with Crippen molar-refractivity contribution in [1.29, 1.82) is 0 Å². The molecular formula is C10H15NO2. The Balaban J connectivity index is 2.40. The molecule has 1 aromatic rings. The van der Waals surface area contributed by atoms with Crippen molar-refractivity contribution in [3.8, 4) is 5.75 Å². The second-order valence-corrected chi connectivity index (χ2v) is 2.70. The Morgan fingerprint density at radius 1 is 1.15 bits per heavy atom. The molecule has 0 saturated heterocycles. The highest BCUT2D eigenvalue weighted by atomic mass is 16.6. The second-order valence-electron chi connectivity index (χ2n) is 2.70. The monoisotopic (exact) mass is 181 g/mol. The van der Waals surface area contributed by atoms with Gasteiger partial charge in [-0.15, -0.1) is 0 Å². The van der Waals surface area contributed by atoms with Gasteiger partial charge in [-0.1, -0.05) is 12.1 Å². The van der Waals surface area contributed by atoms with Crippen molar-refractivity contribution in [2.24, 2.45) is 0 Å². The fourth-order valence-corrected chi connectivity index (χ4v) is 1.09. The van der Waals surface area contributed by atoms with Gasteiger partial charge < -0.3 is 9.57 Å². The third-order valence-corrected chi connectivity index (χ3v) is 1.82. The van der Waals surface area contributed by atoms with E-state index in [9.17, 15) is 0 Å². The van der Waals surface area contributed by atoms with Gasteiger partial charge in [-0.05, 0) is 24.1 Å². The molecule has 0 unspecified atom stereocenters. The minimum absolute atomic E-state index is 0.822. The molecule has 1 rings (SSSR count). The number of benzene rings is 1. The van der Waals surface area contributed by atoms with Crippen LogP contribution in [0, 0.1) is 0 Å². The fourth-order valence-electron chi connectivity index (χ4n) is 1.09. The molecule has 0 aromatic heterocycles. The Bertz CT molecular complexity index is 233.